The summed E-state index contributed by atoms with van der Waals surface area (Å²) in [6.45, 7) is 0. The summed E-state index contributed by atoms with van der Waals surface area (Å²) in [6.07, 6.45) is -7.99. The second-order valence-corrected chi connectivity index (χ2v) is 4.00. The Labute approximate surface area is 110 Å². The Morgan fingerprint density at radius 3 is 2.37 bits per heavy atom. The zero-order chi connectivity index (χ0) is 14.8. The highest BCUT2D eigenvalue weighted by Crippen LogP contribution is 2.35. The van der Waals surface area contributed by atoms with Crippen molar-refractivity contribution in [3.8, 4) is 0 Å². The first kappa shape index (κ1) is 15.7. The zero-order valence-electron chi connectivity index (χ0n) is 9.26. The Morgan fingerprint density at radius 1 is 1.37 bits per heavy atom. The van der Waals surface area contributed by atoms with Crippen LogP contribution in [0.1, 0.15) is 17.2 Å². The highest BCUT2D eigenvalue weighted by molar-refractivity contribution is 6.18. The van der Waals surface area contributed by atoms with Crippen LogP contribution in [0.15, 0.2) is 18.2 Å². The molecule has 2 unspecified atom stereocenters. The molecule has 1 aromatic rings. The van der Waals surface area contributed by atoms with Gasteiger partial charge in [-0.2, -0.15) is 13.2 Å². The van der Waals surface area contributed by atoms with Gasteiger partial charge in [0.1, 0.15) is 6.10 Å². The lowest BCUT2D eigenvalue weighted by atomic mass is 10.0. The maximum atomic E-state index is 12.4. The third-order valence-corrected chi connectivity index (χ3v) is 2.71. The summed E-state index contributed by atoms with van der Waals surface area (Å²) >= 11 is 5.27. The number of hydrogen-bond acceptors (Lipinski definition) is 4. The van der Waals surface area contributed by atoms with Gasteiger partial charge in [0.25, 0.3) is 5.69 Å². The molecule has 0 aromatic heterocycles. The van der Waals surface area contributed by atoms with E-state index in [1.165, 1.54) is 0 Å². The second-order valence-electron chi connectivity index (χ2n) is 3.69. The van der Waals surface area contributed by atoms with Gasteiger partial charge in [0.15, 0.2) is 0 Å². The molecule has 0 heterocycles. The fourth-order valence-corrected chi connectivity index (χ4v) is 1.59. The van der Waals surface area contributed by atoms with Gasteiger partial charge in [-0.1, -0.05) is 0 Å². The van der Waals surface area contributed by atoms with E-state index in [4.69, 9.17) is 11.6 Å². The van der Waals surface area contributed by atoms with Crippen molar-refractivity contribution in [2.24, 2.45) is 0 Å². The van der Waals surface area contributed by atoms with E-state index < -0.39 is 46.0 Å². The number of nitrogens with zero attached hydrogens (tertiary/aromatic N) is 1. The van der Waals surface area contributed by atoms with Crippen LogP contribution in [0.2, 0.25) is 0 Å². The van der Waals surface area contributed by atoms with Gasteiger partial charge < -0.3 is 10.2 Å². The summed E-state index contributed by atoms with van der Waals surface area (Å²) in [5.41, 5.74) is -2.56. The lowest BCUT2D eigenvalue weighted by molar-refractivity contribution is -0.386. The Hall–Kier alpha value is -1.38. The van der Waals surface area contributed by atoms with Gasteiger partial charge >= 0.3 is 6.18 Å². The molecule has 0 amide bonds. The van der Waals surface area contributed by atoms with Gasteiger partial charge in [0.2, 0.25) is 0 Å². The number of nitro benzene ring substituents is 1. The van der Waals surface area contributed by atoms with Crippen molar-refractivity contribution in [3.63, 3.8) is 0 Å². The van der Waals surface area contributed by atoms with Crippen molar-refractivity contribution in [2.45, 2.75) is 18.4 Å². The Morgan fingerprint density at radius 2 is 1.95 bits per heavy atom. The Bertz CT molecular complexity index is 480. The topological polar surface area (TPSA) is 83.6 Å². The van der Waals surface area contributed by atoms with Crippen LogP contribution in [0.4, 0.5) is 18.9 Å². The minimum absolute atomic E-state index is 0.305. The number of rotatable bonds is 4. The first-order chi connectivity index (χ1) is 8.68. The number of nitro groups is 1. The number of alkyl halides is 4. The van der Waals surface area contributed by atoms with E-state index in [1.807, 2.05) is 0 Å². The summed E-state index contributed by atoms with van der Waals surface area (Å²) in [6, 6.07) is 1.65. The van der Waals surface area contributed by atoms with E-state index in [0.717, 1.165) is 6.07 Å². The number of aliphatic hydroxyl groups excluding tert-OH is 2. The molecule has 0 saturated heterocycles. The normalized spacial score (nSPS) is 15.1. The van der Waals surface area contributed by atoms with Gasteiger partial charge in [-0.05, 0) is 12.1 Å². The number of hydrogen-bond donors (Lipinski definition) is 2. The van der Waals surface area contributed by atoms with Crippen LogP contribution in [0, 0.1) is 10.1 Å². The number of aliphatic hydroxyl groups is 2. The fourth-order valence-electron chi connectivity index (χ4n) is 1.42. The van der Waals surface area contributed by atoms with Crippen LogP contribution in [-0.4, -0.2) is 27.1 Å². The SMILES string of the molecule is O=[N+]([O-])c1cc(C(F)(F)F)ccc1C(O)C(O)CCl. The summed E-state index contributed by atoms with van der Waals surface area (Å²) in [7, 11) is 0. The van der Waals surface area contributed by atoms with E-state index in [1.54, 1.807) is 0 Å². The molecule has 0 aliphatic carbocycles. The average molecular weight is 300 g/mol. The number of benzene rings is 1. The van der Waals surface area contributed by atoms with Crippen LogP contribution >= 0.6 is 11.6 Å². The predicted molar refractivity (Wildman–Crippen MR) is 59.8 cm³/mol. The van der Waals surface area contributed by atoms with Crippen molar-refractivity contribution < 1.29 is 28.3 Å². The van der Waals surface area contributed by atoms with Gasteiger partial charge in [0, 0.05) is 6.07 Å². The average Bonchev–Trinajstić information content (AvgIpc) is 2.35. The summed E-state index contributed by atoms with van der Waals surface area (Å²) in [5, 5.41) is 29.6. The van der Waals surface area contributed by atoms with E-state index >= 15 is 0 Å². The summed E-state index contributed by atoms with van der Waals surface area (Å²) in [4.78, 5) is 9.67. The van der Waals surface area contributed by atoms with Crippen LogP contribution in [0.3, 0.4) is 0 Å². The molecule has 2 atom stereocenters. The fraction of sp³-hybridized carbons (Fsp3) is 0.400. The molecular weight excluding hydrogens is 291 g/mol. The van der Waals surface area contributed by atoms with Gasteiger partial charge in [0.05, 0.1) is 28.0 Å². The first-order valence-corrected chi connectivity index (χ1v) is 5.49. The van der Waals surface area contributed by atoms with Gasteiger partial charge in [-0.25, -0.2) is 0 Å². The quantitative estimate of drug-likeness (QED) is 0.507. The lowest BCUT2D eigenvalue weighted by Gasteiger charge is -2.16. The molecule has 106 valence electrons. The summed E-state index contributed by atoms with van der Waals surface area (Å²) in [5.74, 6) is -0.417. The monoisotopic (exact) mass is 299 g/mol. The van der Waals surface area contributed by atoms with E-state index in [2.05, 4.69) is 0 Å². The highest BCUT2D eigenvalue weighted by Gasteiger charge is 2.34. The molecule has 0 bridgehead atoms. The van der Waals surface area contributed by atoms with Gasteiger partial charge in [-0.3, -0.25) is 10.1 Å². The molecule has 2 N–H and O–H groups in total. The first-order valence-electron chi connectivity index (χ1n) is 4.96. The molecule has 0 spiro atoms. The molecular formula is C10H9ClF3NO4. The summed E-state index contributed by atoms with van der Waals surface area (Å²) < 4.78 is 37.3. The van der Waals surface area contributed by atoms with Crippen LogP contribution in [-0.2, 0) is 6.18 Å². The van der Waals surface area contributed by atoms with E-state index in [-0.39, 0.29) is 0 Å². The molecule has 19 heavy (non-hydrogen) atoms. The Kier molecular flexibility index (Phi) is 4.72. The standard InChI is InChI=1S/C10H9ClF3NO4/c11-4-8(16)9(17)6-2-1-5(10(12,13)14)3-7(6)15(18)19/h1-3,8-9,16-17H,4H2. The highest BCUT2D eigenvalue weighted by atomic mass is 35.5. The second kappa shape index (κ2) is 5.72. The molecule has 5 nitrogen and oxygen atoms in total. The third kappa shape index (κ3) is 3.55. The molecule has 0 fully saturated rings. The largest absolute Gasteiger partial charge is 0.416 e. The molecule has 1 rings (SSSR count). The van der Waals surface area contributed by atoms with Crippen LogP contribution in [0.5, 0.6) is 0 Å². The molecule has 0 radical (unpaired) electrons. The van der Waals surface area contributed by atoms with E-state index in [0.29, 0.717) is 12.1 Å². The molecule has 1 aromatic carbocycles. The maximum Gasteiger partial charge on any atom is 0.416 e. The smallest absolute Gasteiger partial charge is 0.389 e. The van der Waals surface area contributed by atoms with Crippen LogP contribution in [0.25, 0.3) is 0 Å². The van der Waals surface area contributed by atoms with E-state index in [9.17, 15) is 33.5 Å². The maximum absolute atomic E-state index is 12.4. The van der Waals surface area contributed by atoms with Crippen LogP contribution < -0.4 is 0 Å². The van der Waals surface area contributed by atoms with Crippen molar-refractivity contribution in [1.82, 2.24) is 0 Å². The molecule has 0 saturated carbocycles. The molecule has 0 aliphatic heterocycles. The lowest BCUT2D eigenvalue weighted by Crippen LogP contribution is -2.21. The third-order valence-electron chi connectivity index (χ3n) is 2.40. The number of halogens is 4. The van der Waals surface area contributed by atoms with Crippen molar-refractivity contribution in [3.05, 3.63) is 39.4 Å². The minimum atomic E-state index is -4.74. The van der Waals surface area contributed by atoms with Crippen molar-refractivity contribution in [1.29, 1.82) is 0 Å². The molecule has 9 heteroatoms. The zero-order valence-corrected chi connectivity index (χ0v) is 10.0. The van der Waals surface area contributed by atoms with Crippen molar-refractivity contribution in [2.75, 3.05) is 5.88 Å². The predicted octanol–water partition coefficient (Wildman–Crippen LogP) is 2.25. The van der Waals surface area contributed by atoms with Crippen molar-refractivity contribution >= 4 is 17.3 Å². The Balaban J connectivity index is 3.31. The van der Waals surface area contributed by atoms with Gasteiger partial charge in [-0.15, -0.1) is 11.6 Å². The molecule has 0 aliphatic rings. The minimum Gasteiger partial charge on any atom is -0.389 e.